The van der Waals surface area contributed by atoms with E-state index in [9.17, 15) is 0 Å². The number of halogens is 2. The smallest absolute Gasteiger partial charge is 0.224 e. The van der Waals surface area contributed by atoms with Crippen molar-refractivity contribution in [1.82, 2.24) is 9.97 Å². The van der Waals surface area contributed by atoms with Crippen molar-refractivity contribution in [2.24, 2.45) is 0 Å². The zero-order valence-corrected chi connectivity index (χ0v) is 11.1. The first-order chi connectivity index (χ1) is 7.50. The maximum atomic E-state index is 5.97. The second-order valence-electron chi connectivity index (χ2n) is 3.65. The highest BCUT2D eigenvalue weighted by atomic mass is 35.5. The molecule has 90 valence electrons. The van der Waals surface area contributed by atoms with Crippen LogP contribution in [0.3, 0.4) is 0 Å². The van der Waals surface area contributed by atoms with Gasteiger partial charge in [-0.05, 0) is 25.4 Å². The number of nitrogens with zero attached hydrogens (tertiary/aromatic N) is 3. The zero-order valence-electron chi connectivity index (χ0n) is 9.57. The number of aromatic nitrogens is 2. The third kappa shape index (κ3) is 4.12. The van der Waals surface area contributed by atoms with E-state index in [1.54, 1.807) is 0 Å². The Bertz CT molecular complexity index is 347. The van der Waals surface area contributed by atoms with Gasteiger partial charge >= 0.3 is 0 Å². The number of hydrogen-bond donors (Lipinski definition) is 0. The van der Waals surface area contributed by atoms with Crippen LogP contribution >= 0.6 is 23.2 Å². The molecule has 0 saturated heterocycles. The van der Waals surface area contributed by atoms with Crippen LogP contribution in [0.15, 0.2) is 6.20 Å². The van der Waals surface area contributed by atoms with Gasteiger partial charge in [0.2, 0.25) is 5.28 Å². The van der Waals surface area contributed by atoms with E-state index >= 15 is 0 Å². The summed E-state index contributed by atoms with van der Waals surface area (Å²) in [6.45, 7) is 5.31. The molecule has 0 aliphatic carbocycles. The molecule has 16 heavy (non-hydrogen) atoms. The number of hydrogen-bond acceptors (Lipinski definition) is 4. The summed E-state index contributed by atoms with van der Waals surface area (Å²) in [5.74, 6) is 0.619. The molecule has 1 aromatic rings. The minimum absolute atomic E-state index is 0.191. The molecule has 4 nitrogen and oxygen atoms in total. The topological polar surface area (TPSA) is 38.2 Å². The molecule has 1 aromatic heterocycles. The van der Waals surface area contributed by atoms with Crippen LogP contribution in [0.1, 0.15) is 13.8 Å². The molecule has 0 amide bonds. The van der Waals surface area contributed by atoms with E-state index in [4.69, 9.17) is 27.9 Å². The van der Waals surface area contributed by atoms with Gasteiger partial charge in [-0.3, -0.25) is 0 Å². The molecular formula is C10H15Cl2N3O. The van der Waals surface area contributed by atoms with E-state index in [0.29, 0.717) is 24.0 Å². The average Bonchev–Trinajstić information content (AvgIpc) is 2.21. The van der Waals surface area contributed by atoms with E-state index in [2.05, 4.69) is 9.97 Å². The highest BCUT2D eigenvalue weighted by Gasteiger charge is 2.09. The van der Waals surface area contributed by atoms with Crippen LogP contribution in [0.2, 0.25) is 10.3 Å². The van der Waals surface area contributed by atoms with Gasteiger partial charge in [0, 0.05) is 13.6 Å². The fraction of sp³-hybridized carbons (Fsp3) is 0.600. The van der Waals surface area contributed by atoms with E-state index in [1.807, 2.05) is 25.8 Å². The van der Waals surface area contributed by atoms with Gasteiger partial charge in [-0.25, -0.2) is 4.98 Å². The minimum Gasteiger partial charge on any atom is -0.377 e. The van der Waals surface area contributed by atoms with Crippen molar-refractivity contribution in [2.45, 2.75) is 20.0 Å². The van der Waals surface area contributed by atoms with Crippen LogP contribution in [0.4, 0.5) is 5.82 Å². The molecule has 0 bridgehead atoms. The van der Waals surface area contributed by atoms with Crippen molar-refractivity contribution in [1.29, 1.82) is 0 Å². The van der Waals surface area contributed by atoms with Gasteiger partial charge in [0.1, 0.15) is 5.02 Å². The predicted molar refractivity (Wildman–Crippen MR) is 66.4 cm³/mol. The lowest BCUT2D eigenvalue weighted by Crippen LogP contribution is -2.25. The molecule has 0 spiro atoms. The summed E-state index contributed by atoms with van der Waals surface area (Å²) in [7, 11) is 1.88. The van der Waals surface area contributed by atoms with Gasteiger partial charge in [-0.1, -0.05) is 11.6 Å². The monoisotopic (exact) mass is 263 g/mol. The van der Waals surface area contributed by atoms with E-state index in [-0.39, 0.29) is 11.4 Å². The summed E-state index contributed by atoms with van der Waals surface area (Å²) in [6.07, 6.45) is 1.71. The highest BCUT2D eigenvalue weighted by Crippen LogP contribution is 2.22. The van der Waals surface area contributed by atoms with Crippen LogP contribution in [0, 0.1) is 0 Å². The Labute approximate surface area is 106 Å². The number of likely N-dealkylation sites (N-methyl/N-ethyl adjacent to an activating group) is 1. The first-order valence-corrected chi connectivity index (χ1v) is 5.77. The van der Waals surface area contributed by atoms with Crippen molar-refractivity contribution >= 4 is 29.0 Å². The summed E-state index contributed by atoms with van der Waals surface area (Å²) < 4.78 is 5.44. The molecule has 1 heterocycles. The minimum atomic E-state index is 0.191. The average molecular weight is 264 g/mol. The molecule has 0 aromatic carbocycles. The van der Waals surface area contributed by atoms with Crippen molar-refractivity contribution in [3.63, 3.8) is 0 Å². The number of anilines is 1. The second-order valence-corrected chi connectivity index (χ2v) is 4.40. The lowest BCUT2D eigenvalue weighted by Gasteiger charge is -2.19. The Kier molecular flexibility index (Phi) is 5.25. The van der Waals surface area contributed by atoms with Crippen LogP contribution in [-0.2, 0) is 4.74 Å². The van der Waals surface area contributed by atoms with Crippen molar-refractivity contribution in [3.8, 4) is 0 Å². The molecule has 1 rings (SSSR count). The Morgan fingerprint density at radius 2 is 2.12 bits per heavy atom. The maximum Gasteiger partial charge on any atom is 0.224 e. The van der Waals surface area contributed by atoms with Gasteiger partial charge in [-0.2, -0.15) is 4.98 Å². The summed E-state index contributed by atoms with van der Waals surface area (Å²) in [5, 5.41) is 0.674. The molecule has 6 heteroatoms. The standard InChI is InChI=1S/C10H15Cl2N3O/c1-7(2)16-5-4-15(3)9-8(11)6-13-10(12)14-9/h6-7H,4-5H2,1-3H3. The Morgan fingerprint density at radius 1 is 1.44 bits per heavy atom. The molecule has 0 fully saturated rings. The van der Waals surface area contributed by atoms with Crippen molar-refractivity contribution < 1.29 is 4.74 Å². The van der Waals surface area contributed by atoms with Gasteiger partial charge in [0.15, 0.2) is 5.82 Å². The molecule has 0 aliphatic rings. The third-order valence-electron chi connectivity index (χ3n) is 1.94. The van der Waals surface area contributed by atoms with Crippen molar-refractivity contribution in [3.05, 3.63) is 16.5 Å². The Hall–Kier alpha value is -0.580. The maximum absolute atomic E-state index is 5.97. The molecule has 0 N–H and O–H groups in total. The quantitative estimate of drug-likeness (QED) is 0.766. The van der Waals surface area contributed by atoms with Crippen LogP contribution < -0.4 is 4.90 Å². The summed E-state index contributed by atoms with van der Waals surface area (Å²) in [5.41, 5.74) is 0. The fourth-order valence-electron chi connectivity index (χ4n) is 1.14. The molecule has 0 unspecified atom stereocenters. The summed E-state index contributed by atoms with van der Waals surface area (Å²) >= 11 is 11.7. The van der Waals surface area contributed by atoms with Gasteiger partial charge < -0.3 is 9.64 Å². The van der Waals surface area contributed by atoms with Crippen LogP contribution in [0.5, 0.6) is 0 Å². The zero-order chi connectivity index (χ0) is 12.1. The van der Waals surface area contributed by atoms with Crippen molar-refractivity contribution in [2.75, 3.05) is 25.1 Å². The summed E-state index contributed by atoms with van der Waals surface area (Å²) in [4.78, 5) is 9.75. The molecule has 0 aliphatic heterocycles. The first kappa shape index (κ1) is 13.5. The number of rotatable bonds is 5. The number of ether oxygens (including phenoxy) is 1. The normalized spacial score (nSPS) is 10.9. The lowest BCUT2D eigenvalue weighted by atomic mass is 10.4. The van der Waals surface area contributed by atoms with Gasteiger partial charge in [-0.15, -0.1) is 0 Å². The van der Waals surface area contributed by atoms with Gasteiger partial charge in [0.25, 0.3) is 0 Å². The fourth-order valence-corrected chi connectivity index (χ4v) is 1.50. The van der Waals surface area contributed by atoms with E-state index in [0.717, 1.165) is 0 Å². The van der Waals surface area contributed by atoms with Crippen LogP contribution in [-0.4, -0.2) is 36.3 Å². The molecule has 0 atom stereocenters. The predicted octanol–water partition coefficient (Wildman–Crippen LogP) is 2.64. The molecule has 0 saturated carbocycles. The van der Waals surface area contributed by atoms with E-state index < -0.39 is 0 Å². The molecule has 0 radical (unpaired) electrons. The Balaban J connectivity index is 2.58. The third-order valence-corrected chi connectivity index (χ3v) is 2.38. The first-order valence-electron chi connectivity index (χ1n) is 5.01. The Morgan fingerprint density at radius 3 is 2.75 bits per heavy atom. The highest BCUT2D eigenvalue weighted by molar-refractivity contribution is 6.33. The SMILES string of the molecule is CC(C)OCCN(C)c1nc(Cl)ncc1Cl. The summed E-state index contributed by atoms with van der Waals surface area (Å²) in [6, 6.07) is 0. The molecular weight excluding hydrogens is 249 g/mol. The van der Waals surface area contributed by atoms with E-state index in [1.165, 1.54) is 6.20 Å². The van der Waals surface area contributed by atoms with Gasteiger partial charge in [0.05, 0.1) is 18.9 Å². The van der Waals surface area contributed by atoms with Crippen LogP contribution in [0.25, 0.3) is 0 Å². The largest absolute Gasteiger partial charge is 0.377 e. The lowest BCUT2D eigenvalue weighted by molar-refractivity contribution is 0.0845. The second kappa shape index (κ2) is 6.23.